The number of nitrogens with zero attached hydrogens (tertiary/aromatic N) is 1. The van der Waals surface area contributed by atoms with Gasteiger partial charge in [-0.2, -0.15) is 0 Å². The zero-order chi connectivity index (χ0) is 12.3. The largest absolute Gasteiger partial charge is 0.469 e. The van der Waals surface area contributed by atoms with E-state index in [1.165, 1.54) is 7.11 Å². The Kier molecular flexibility index (Phi) is 3.09. The van der Waals surface area contributed by atoms with Crippen molar-refractivity contribution in [1.29, 1.82) is 0 Å². The van der Waals surface area contributed by atoms with Crippen LogP contribution in [0.4, 0.5) is 0 Å². The minimum absolute atomic E-state index is 0.185. The van der Waals surface area contributed by atoms with Crippen LogP contribution in [0.2, 0.25) is 0 Å². The first-order valence-corrected chi connectivity index (χ1v) is 5.12. The van der Waals surface area contributed by atoms with Crippen LogP contribution in [0, 0.1) is 0 Å². The molecule has 88 valence electrons. The van der Waals surface area contributed by atoms with Crippen molar-refractivity contribution in [3.63, 3.8) is 0 Å². The predicted molar refractivity (Wildman–Crippen MR) is 63.1 cm³/mol. The molecule has 0 aliphatic carbocycles. The highest BCUT2D eigenvalue weighted by atomic mass is 16.5. The lowest BCUT2D eigenvalue weighted by Crippen LogP contribution is -2.10. The molecule has 0 saturated heterocycles. The summed E-state index contributed by atoms with van der Waals surface area (Å²) in [6.45, 7) is 0. The minimum atomic E-state index is -0.306. The number of amides is 1. The molecule has 0 fully saturated rings. The minimum Gasteiger partial charge on any atom is -0.469 e. The van der Waals surface area contributed by atoms with Crippen molar-refractivity contribution in [1.82, 2.24) is 4.68 Å². The standard InChI is InChI=1S/C12H12N2O3/c1-17-12(16)6-9-7-14(13-8-15)11-5-3-2-4-10(9)11/h2-5,7-8H,6H2,1H3,(H,13,15). The van der Waals surface area contributed by atoms with Crippen molar-refractivity contribution in [2.24, 2.45) is 0 Å². The number of nitrogens with one attached hydrogen (secondary N) is 1. The average Bonchev–Trinajstić information content (AvgIpc) is 2.69. The molecule has 5 nitrogen and oxygen atoms in total. The maximum atomic E-state index is 11.3. The summed E-state index contributed by atoms with van der Waals surface area (Å²) in [5.41, 5.74) is 4.21. The zero-order valence-corrected chi connectivity index (χ0v) is 9.34. The van der Waals surface area contributed by atoms with Crippen LogP contribution in [0.15, 0.2) is 30.5 Å². The summed E-state index contributed by atoms with van der Waals surface area (Å²) < 4.78 is 6.22. The van der Waals surface area contributed by atoms with Crippen LogP contribution in [-0.2, 0) is 20.7 Å². The SMILES string of the molecule is COC(=O)Cc1cn(NC=O)c2ccccc12. The first kappa shape index (κ1) is 11.2. The summed E-state index contributed by atoms with van der Waals surface area (Å²) in [5, 5.41) is 0.923. The number of fused-ring (bicyclic) bond motifs is 1. The van der Waals surface area contributed by atoms with Crippen molar-refractivity contribution >= 4 is 23.3 Å². The first-order valence-electron chi connectivity index (χ1n) is 5.12. The highest BCUT2D eigenvalue weighted by Crippen LogP contribution is 2.20. The Morgan fingerprint density at radius 1 is 1.47 bits per heavy atom. The van der Waals surface area contributed by atoms with Gasteiger partial charge in [0.15, 0.2) is 0 Å². The highest BCUT2D eigenvalue weighted by molar-refractivity contribution is 5.88. The number of ether oxygens (including phenoxy) is 1. The number of methoxy groups -OCH3 is 1. The second-order valence-electron chi connectivity index (χ2n) is 3.54. The first-order chi connectivity index (χ1) is 8.26. The number of esters is 1. The second kappa shape index (κ2) is 4.69. The van der Waals surface area contributed by atoms with E-state index in [1.807, 2.05) is 24.3 Å². The third kappa shape index (κ3) is 2.13. The molecule has 0 atom stereocenters. The molecule has 1 amide bonds. The van der Waals surface area contributed by atoms with Crippen LogP contribution in [-0.4, -0.2) is 24.2 Å². The third-order valence-electron chi connectivity index (χ3n) is 2.55. The highest BCUT2D eigenvalue weighted by Gasteiger charge is 2.11. The smallest absolute Gasteiger partial charge is 0.310 e. The molecule has 0 unspecified atom stereocenters. The number of aromatic nitrogens is 1. The summed E-state index contributed by atoms with van der Waals surface area (Å²) in [4.78, 5) is 21.8. The Morgan fingerprint density at radius 2 is 2.24 bits per heavy atom. The molecule has 0 aliphatic heterocycles. The van der Waals surface area contributed by atoms with Gasteiger partial charge in [-0.05, 0) is 11.6 Å². The summed E-state index contributed by atoms with van der Waals surface area (Å²) in [6.07, 6.45) is 2.49. The van der Waals surface area contributed by atoms with Gasteiger partial charge in [0.2, 0.25) is 6.41 Å². The third-order valence-corrected chi connectivity index (χ3v) is 2.55. The van der Waals surface area contributed by atoms with Gasteiger partial charge in [-0.15, -0.1) is 0 Å². The van der Waals surface area contributed by atoms with E-state index in [0.29, 0.717) is 6.41 Å². The van der Waals surface area contributed by atoms with E-state index in [2.05, 4.69) is 10.2 Å². The summed E-state index contributed by atoms with van der Waals surface area (Å²) in [5.74, 6) is -0.306. The number of hydrogen-bond acceptors (Lipinski definition) is 3. The molecule has 0 radical (unpaired) electrons. The van der Waals surface area contributed by atoms with Gasteiger partial charge >= 0.3 is 5.97 Å². The van der Waals surface area contributed by atoms with E-state index in [4.69, 9.17) is 0 Å². The van der Waals surface area contributed by atoms with Gasteiger partial charge in [0, 0.05) is 11.6 Å². The van der Waals surface area contributed by atoms with Crippen molar-refractivity contribution < 1.29 is 14.3 Å². The van der Waals surface area contributed by atoms with Gasteiger partial charge < -0.3 is 4.74 Å². The van der Waals surface area contributed by atoms with E-state index < -0.39 is 0 Å². The second-order valence-corrected chi connectivity index (χ2v) is 3.54. The molecule has 0 aliphatic rings. The maximum absolute atomic E-state index is 11.3. The fourth-order valence-electron chi connectivity index (χ4n) is 1.78. The molecule has 5 heteroatoms. The number of para-hydroxylation sites is 1. The molecule has 1 N–H and O–H groups in total. The monoisotopic (exact) mass is 232 g/mol. The lowest BCUT2D eigenvalue weighted by molar-refractivity contribution is -0.139. The Hall–Kier alpha value is -2.30. The van der Waals surface area contributed by atoms with Crippen molar-refractivity contribution in [2.45, 2.75) is 6.42 Å². The quantitative estimate of drug-likeness (QED) is 0.633. The Labute approximate surface area is 97.9 Å². The van der Waals surface area contributed by atoms with Crippen LogP contribution in [0.25, 0.3) is 10.9 Å². The van der Waals surface area contributed by atoms with Gasteiger partial charge in [-0.3, -0.25) is 19.7 Å². The van der Waals surface area contributed by atoms with Gasteiger partial charge in [-0.25, -0.2) is 0 Å². The molecular formula is C12H12N2O3. The van der Waals surface area contributed by atoms with E-state index in [-0.39, 0.29) is 12.4 Å². The summed E-state index contributed by atoms with van der Waals surface area (Å²) >= 11 is 0. The van der Waals surface area contributed by atoms with Crippen molar-refractivity contribution in [3.05, 3.63) is 36.0 Å². The van der Waals surface area contributed by atoms with E-state index in [0.717, 1.165) is 16.5 Å². The Bertz CT molecular complexity index is 560. The summed E-state index contributed by atoms with van der Waals surface area (Å²) in [7, 11) is 1.35. The fraction of sp³-hybridized carbons (Fsp3) is 0.167. The molecule has 1 aromatic heterocycles. The molecule has 0 bridgehead atoms. The number of carbonyl (C=O) groups excluding carboxylic acids is 2. The Balaban J connectivity index is 2.48. The molecule has 2 rings (SSSR count). The van der Waals surface area contributed by atoms with E-state index >= 15 is 0 Å². The molecular weight excluding hydrogens is 220 g/mol. The lowest BCUT2D eigenvalue weighted by atomic mass is 10.1. The number of carbonyl (C=O) groups is 2. The molecule has 0 spiro atoms. The number of rotatable bonds is 4. The number of hydrogen-bond donors (Lipinski definition) is 1. The van der Waals surface area contributed by atoms with Crippen molar-refractivity contribution in [2.75, 3.05) is 12.5 Å². The molecule has 1 heterocycles. The van der Waals surface area contributed by atoms with E-state index in [1.54, 1.807) is 10.9 Å². The maximum Gasteiger partial charge on any atom is 0.310 e. The lowest BCUT2D eigenvalue weighted by Gasteiger charge is -2.00. The van der Waals surface area contributed by atoms with Crippen LogP contribution in [0.1, 0.15) is 5.56 Å². The van der Waals surface area contributed by atoms with E-state index in [9.17, 15) is 9.59 Å². The van der Waals surface area contributed by atoms with Gasteiger partial charge in [0.25, 0.3) is 0 Å². The molecule has 1 aromatic carbocycles. The van der Waals surface area contributed by atoms with Crippen LogP contribution < -0.4 is 5.43 Å². The Morgan fingerprint density at radius 3 is 2.94 bits per heavy atom. The van der Waals surface area contributed by atoms with Gasteiger partial charge in [0.05, 0.1) is 19.0 Å². The van der Waals surface area contributed by atoms with Gasteiger partial charge in [-0.1, -0.05) is 18.2 Å². The van der Waals surface area contributed by atoms with Crippen LogP contribution >= 0.6 is 0 Å². The van der Waals surface area contributed by atoms with Crippen molar-refractivity contribution in [3.8, 4) is 0 Å². The number of benzene rings is 1. The summed E-state index contributed by atoms with van der Waals surface area (Å²) in [6, 6.07) is 7.52. The van der Waals surface area contributed by atoms with Crippen LogP contribution in [0.3, 0.4) is 0 Å². The molecule has 17 heavy (non-hydrogen) atoms. The molecule has 2 aromatic rings. The van der Waals surface area contributed by atoms with Crippen LogP contribution in [0.5, 0.6) is 0 Å². The fourth-order valence-corrected chi connectivity index (χ4v) is 1.78. The normalized spacial score (nSPS) is 10.2. The molecule has 0 saturated carbocycles. The zero-order valence-electron chi connectivity index (χ0n) is 9.34. The van der Waals surface area contributed by atoms with Gasteiger partial charge in [0.1, 0.15) is 0 Å². The average molecular weight is 232 g/mol. The topological polar surface area (TPSA) is 60.3 Å². The predicted octanol–water partition coefficient (Wildman–Crippen LogP) is 1.06.